The van der Waals surface area contributed by atoms with Crippen LogP contribution in [-0.2, 0) is 6.61 Å². The van der Waals surface area contributed by atoms with Crippen molar-refractivity contribution in [3.8, 4) is 11.5 Å². The Balaban J connectivity index is 2.09. The molecule has 17 heavy (non-hydrogen) atoms. The highest BCUT2D eigenvalue weighted by Crippen LogP contribution is 2.24. The molecular weight excluding hydrogens is 282 g/mol. The average Bonchev–Trinajstić information content (AvgIpc) is 2.38. The van der Waals surface area contributed by atoms with E-state index in [0.717, 1.165) is 21.5 Å². The maximum Gasteiger partial charge on any atom is 0.138 e. The molecule has 0 aliphatic rings. The molecule has 0 saturated carbocycles. The molecule has 1 aromatic heterocycles. The molecule has 1 heterocycles. The first-order valence-electron chi connectivity index (χ1n) is 5.15. The number of pyridine rings is 1. The third-order valence-electron chi connectivity index (χ3n) is 2.28. The van der Waals surface area contributed by atoms with Crippen LogP contribution in [0.15, 0.2) is 47.2 Å². The smallest absolute Gasteiger partial charge is 0.138 e. The molecule has 2 rings (SSSR count). The summed E-state index contributed by atoms with van der Waals surface area (Å²) in [4.78, 5) is 3.99. The van der Waals surface area contributed by atoms with Crippen LogP contribution in [0.5, 0.6) is 11.5 Å². The number of nitrogens with zero attached hydrogens (tertiary/aromatic N) is 1. The molecule has 3 nitrogen and oxygen atoms in total. The third-order valence-corrected chi connectivity index (χ3v) is 2.77. The van der Waals surface area contributed by atoms with Gasteiger partial charge in [0.05, 0.1) is 13.3 Å². The van der Waals surface area contributed by atoms with Gasteiger partial charge in [-0.05, 0) is 24.3 Å². The molecule has 0 saturated heterocycles. The summed E-state index contributed by atoms with van der Waals surface area (Å²) in [5.41, 5.74) is 1.000. The molecule has 4 heteroatoms. The Kier molecular flexibility index (Phi) is 3.98. The largest absolute Gasteiger partial charge is 0.496 e. The van der Waals surface area contributed by atoms with Gasteiger partial charge in [-0.3, -0.25) is 4.98 Å². The quantitative estimate of drug-likeness (QED) is 0.865. The monoisotopic (exact) mass is 293 g/mol. The van der Waals surface area contributed by atoms with Crippen LogP contribution in [0, 0.1) is 0 Å². The fourth-order valence-corrected chi connectivity index (χ4v) is 1.77. The van der Waals surface area contributed by atoms with E-state index in [1.54, 1.807) is 19.5 Å². The van der Waals surface area contributed by atoms with Crippen LogP contribution in [0.3, 0.4) is 0 Å². The van der Waals surface area contributed by atoms with Gasteiger partial charge in [-0.25, -0.2) is 0 Å². The lowest BCUT2D eigenvalue weighted by Crippen LogP contribution is -1.98. The molecule has 0 bridgehead atoms. The zero-order chi connectivity index (χ0) is 12.1. The van der Waals surface area contributed by atoms with Gasteiger partial charge in [-0.2, -0.15) is 0 Å². The van der Waals surface area contributed by atoms with Crippen molar-refractivity contribution < 1.29 is 9.47 Å². The van der Waals surface area contributed by atoms with E-state index in [2.05, 4.69) is 20.9 Å². The summed E-state index contributed by atoms with van der Waals surface area (Å²) < 4.78 is 11.9. The molecule has 0 radical (unpaired) electrons. The van der Waals surface area contributed by atoms with E-state index in [0.29, 0.717) is 6.61 Å². The standard InChI is InChI=1S/C13H12BrNO2/c1-16-13-7-11(14)5-4-10(13)9-17-12-3-2-6-15-8-12/h2-8H,9H2,1H3. The number of hydrogen-bond acceptors (Lipinski definition) is 3. The van der Waals surface area contributed by atoms with E-state index in [-0.39, 0.29) is 0 Å². The number of benzene rings is 1. The summed E-state index contributed by atoms with van der Waals surface area (Å²) >= 11 is 3.40. The SMILES string of the molecule is COc1cc(Br)ccc1COc1cccnc1. The van der Waals surface area contributed by atoms with Crippen molar-refractivity contribution in [3.05, 3.63) is 52.8 Å². The first-order valence-corrected chi connectivity index (χ1v) is 5.94. The molecule has 0 N–H and O–H groups in total. The van der Waals surface area contributed by atoms with Crippen LogP contribution in [-0.4, -0.2) is 12.1 Å². The lowest BCUT2D eigenvalue weighted by molar-refractivity contribution is 0.295. The van der Waals surface area contributed by atoms with Gasteiger partial charge in [0.25, 0.3) is 0 Å². The number of ether oxygens (including phenoxy) is 2. The Morgan fingerprint density at radius 2 is 2.18 bits per heavy atom. The van der Waals surface area contributed by atoms with Crippen LogP contribution in [0.2, 0.25) is 0 Å². The van der Waals surface area contributed by atoms with Gasteiger partial charge in [0.2, 0.25) is 0 Å². The lowest BCUT2D eigenvalue weighted by atomic mass is 10.2. The Bertz CT molecular complexity index is 488. The first kappa shape index (κ1) is 11.9. The summed E-state index contributed by atoms with van der Waals surface area (Å²) in [7, 11) is 1.65. The minimum absolute atomic E-state index is 0.460. The van der Waals surface area contributed by atoms with Gasteiger partial charge in [0.1, 0.15) is 18.1 Å². The average molecular weight is 294 g/mol. The van der Waals surface area contributed by atoms with Crippen molar-refractivity contribution in [1.82, 2.24) is 4.98 Å². The lowest BCUT2D eigenvalue weighted by Gasteiger charge is -2.10. The number of methoxy groups -OCH3 is 1. The maximum atomic E-state index is 5.62. The second kappa shape index (κ2) is 5.68. The van der Waals surface area contributed by atoms with Crippen LogP contribution >= 0.6 is 15.9 Å². The molecule has 0 spiro atoms. The maximum absolute atomic E-state index is 5.62. The summed E-state index contributed by atoms with van der Waals surface area (Å²) in [6.45, 7) is 0.460. The van der Waals surface area contributed by atoms with E-state index in [1.165, 1.54) is 0 Å². The van der Waals surface area contributed by atoms with Crippen molar-refractivity contribution in [1.29, 1.82) is 0 Å². The van der Waals surface area contributed by atoms with Gasteiger partial charge >= 0.3 is 0 Å². The minimum atomic E-state index is 0.460. The van der Waals surface area contributed by atoms with E-state index < -0.39 is 0 Å². The molecule has 0 atom stereocenters. The Morgan fingerprint density at radius 3 is 2.88 bits per heavy atom. The van der Waals surface area contributed by atoms with Crippen LogP contribution < -0.4 is 9.47 Å². The summed E-state index contributed by atoms with van der Waals surface area (Å²) in [5.74, 6) is 1.56. The van der Waals surface area contributed by atoms with Crippen LogP contribution in [0.1, 0.15) is 5.56 Å². The highest BCUT2D eigenvalue weighted by molar-refractivity contribution is 9.10. The van der Waals surface area contributed by atoms with Crippen LogP contribution in [0.25, 0.3) is 0 Å². The van der Waals surface area contributed by atoms with Crippen molar-refractivity contribution in [2.75, 3.05) is 7.11 Å². The van der Waals surface area contributed by atoms with E-state index in [4.69, 9.17) is 9.47 Å². The first-order chi connectivity index (χ1) is 8.29. The number of hydrogen-bond donors (Lipinski definition) is 0. The highest BCUT2D eigenvalue weighted by atomic mass is 79.9. The normalized spacial score (nSPS) is 10.0. The Morgan fingerprint density at radius 1 is 1.29 bits per heavy atom. The molecule has 88 valence electrons. The van der Waals surface area contributed by atoms with Gasteiger partial charge in [0.15, 0.2) is 0 Å². The van der Waals surface area contributed by atoms with Crippen molar-refractivity contribution in [2.24, 2.45) is 0 Å². The van der Waals surface area contributed by atoms with Crippen molar-refractivity contribution in [2.45, 2.75) is 6.61 Å². The Labute approximate surface area is 109 Å². The predicted molar refractivity (Wildman–Crippen MR) is 69.3 cm³/mol. The second-order valence-electron chi connectivity index (χ2n) is 3.43. The number of rotatable bonds is 4. The van der Waals surface area contributed by atoms with Gasteiger partial charge in [0, 0.05) is 16.2 Å². The predicted octanol–water partition coefficient (Wildman–Crippen LogP) is 3.43. The zero-order valence-electron chi connectivity index (χ0n) is 9.39. The molecule has 0 amide bonds. The summed E-state index contributed by atoms with van der Waals surface area (Å²) in [6.07, 6.45) is 3.40. The summed E-state index contributed by atoms with van der Waals surface area (Å²) in [5, 5.41) is 0. The van der Waals surface area contributed by atoms with Crippen molar-refractivity contribution >= 4 is 15.9 Å². The molecule has 0 unspecified atom stereocenters. The van der Waals surface area contributed by atoms with Gasteiger partial charge in [-0.1, -0.05) is 22.0 Å². The molecule has 0 aliphatic carbocycles. The molecule has 2 aromatic rings. The van der Waals surface area contributed by atoms with E-state index in [1.807, 2.05) is 30.3 Å². The highest BCUT2D eigenvalue weighted by Gasteiger charge is 2.04. The topological polar surface area (TPSA) is 31.4 Å². The minimum Gasteiger partial charge on any atom is -0.496 e. The number of halogens is 1. The fraction of sp³-hybridized carbons (Fsp3) is 0.154. The van der Waals surface area contributed by atoms with Gasteiger partial charge < -0.3 is 9.47 Å². The van der Waals surface area contributed by atoms with E-state index >= 15 is 0 Å². The fourth-order valence-electron chi connectivity index (χ4n) is 1.43. The van der Waals surface area contributed by atoms with Crippen LogP contribution in [0.4, 0.5) is 0 Å². The van der Waals surface area contributed by atoms with Gasteiger partial charge in [-0.15, -0.1) is 0 Å². The van der Waals surface area contributed by atoms with E-state index in [9.17, 15) is 0 Å². The molecule has 1 aromatic carbocycles. The molecule has 0 aliphatic heterocycles. The third kappa shape index (κ3) is 3.20. The molecule has 0 fully saturated rings. The Hall–Kier alpha value is -1.55. The number of aromatic nitrogens is 1. The molecular formula is C13H12BrNO2. The summed E-state index contributed by atoms with van der Waals surface area (Å²) in [6, 6.07) is 9.57. The zero-order valence-corrected chi connectivity index (χ0v) is 11.0. The second-order valence-corrected chi connectivity index (χ2v) is 4.35. The van der Waals surface area contributed by atoms with Crippen molar-refractivity contribution in [3.63, 3.8) is 0 Å².